The van der Waals surface area contributed by atoms with Gasteiger partial charge in [0.15, 0.2) is 0 Å². The Morgan fingerprint density at radius 2 is 2.03 bits per heavy atom. The van der Waals surface area contributed by atoms with E-state index in [9.17, 15) is 9.59 Å². The molecule has 2 aromatic heterocycles. The van der Waals surface area contributed by atoms with Gasteiger partial charge in [-0.25, -0.2) is 4.98 Å². The van der Waals surface area contributed by atoms with Gasteiger partial charge in [0.2, 0.25) is 11.8 Å². The van der Waals surface area contributed by atoms with Gasteiger partial charge in [-0.15, -0.1) is 11.3 Å². The number of piperazine rings is 1. The van der Waals surface area contributed by atoms with Gasteiger partial charge in [0.05, 0.1) is 33.3 Å². The molecule has 0 aliphatic carbocycles. The van der Waals surface area contributed by atoms with Crippen LogP contribution in [0.2, 0.25) is 0 Å². The molecule has 2 aliphatic rings. The third-order valence-corrected chi connectivity index (χ3v) is 7.37. The highest BCUT2D eigenvalue weighted by atomic mass is 32.1. The lowest BCUT2D eigenvalue weighted by Gasteiger charge is -2.35. The molecule has 3 aromatic rings. The molecule has 0 bridgehead atoms. The second-order valence-electron chi connectivity index (χ2n) is 8.66. The lowest BCUT2D eigenvalue weighted by molar-refractivity contribution is -0.129. The fraction of sp³-hybridized carbons (Fsp3) is 0.417. The molecule has 0 saturated carbocycles. The number of aromatic nitrogens is 2. The average molecular weight is 466 g/mol. The van der Waals surface area contributed by atoms with Crippen LogP contribution in [0, 0.1) is 5.92 Å². The zero-order chi connectivity index (χ0) is 22.9. The predicted molar refractivity (Wildman–Crippen MR) is 129 cm³/mol. The summed E-state index contributed by atoms with van der Waals surface area (Å²) in [7, 11) is 0. The normalized spacial score (nSPS) is 19.6. The van der Waals surface area contributed by atoms with E-state index >= 15 is 0 Å². The molecule has 2 amide bonds. The van der Waals surface area contributed by atoms with E-state index in [1.165, 1.54) is 0 Å². The molecule has 0 spiro atoms. The van der Waals surface area contributed by atoms with Crippen molar-refractivity contribution in [1.29, 1.82) is 0 Å². The molecule has 9 heteroatoms. The van der Waals surface area contributed by atoms with Crippen molar-refractivity contribution in [2.75, 3.05) is 37.6 Å². The van der Waals surface area contributed by atoms with Crippen molar-refractivity contribution in [2.45, 2.75) is 26.4 Å². The molecule has 8 nitrogen and oxygen atoms in total. The maximum absolute atomic E-state index is 11.6. The number of amides is 2. The Balaban J connectivity index is 1.35. The maximum Gasteiger partial charge on any atom is 0.220 e. The van der Waals surface area contributed by atoms with Crippen molar-refractivity contribution in [2.24, 2.45) is 5.92 Å². The van der Waals surface area contributed by atoms with Crippen molar-refractivity contribution in [1.82, 2.24) is 20.2 Å². The van der Waals surface area contributed by atoms with Crippen LogP contribution < -0.4 is 15.0 Å². The van der Waals surface area contributed by atoms with Crippen LogP contribution in [0.5, 0.6) is 5.75 Å². The first-order valence-electron chi connectivity index (χ1n) is 11.3. The number of fused-ring (bicyclic) bond motifs is 1. The molecular weight excluding hydrogens is 438 g/mol. The summed E-state index contributed by atoms with van der Waals surface area (Å²) in [6.45, 7) is 7.36. The fourth-order valence-electron chi connectivity index (χ4n) is 4.45. The van der Waals surface area contributed by atoms with E-state index in [-0.39, 0.29) is 23.8 Å². The third-order valence-electron chi connectivity index (χ3n) is 6.52. The molecule has 1 unspecified atom stereocenters. The average Bonchev–Trinajstić information content (AvgIpc) is 3.48. The lowest BCUT2D eigenvalue weighted by Crippen LogP contribution is -2.48. The number of ether oxygens (including phenoxy) is 1. The number of pyridine rings is 1. The molecule has 172 valence electrons. The topological polar surface area (TPSA) is 87.7 Å². The molecule has 2 atom stereocenters. The quantitative estimate of drug-likeness (QED) is 0.623. The number of carbonyl (C=O) groups excluding carboxylic acids is 2. The van der Waals surface area contributed by atoms with Crippen LogP contribution in [0.15, 0.2) is 36.0 Å². The first kappa shape index (κ1) is 21.6. The summed E-state index contributed by atoms with van der Waals surface area (Å²) < 4.78 is 7.34. The smallest absolute Gasteiger partial charge is 0.220 e. The summed E-state index contributed by atoms with van der Waals surface area (Å²) in [5.74, 6) is 1.15. The lowest BCUT2D eigenvalue weighted by atomic mass is 10.0. The molecule has 0 radical (unpaired) electrons. The van der Waals surface area contributed by atoms with Crippen molar-refractivity contribution >= 4 is 39.1 Å². The van der Waals surface area contributed by atoms with Gasteiger partial charge in [-0.2, -0.15) is 0 Å². The molecule has 1 aromatic carbocycles. The second-order valence-corrected chi connectivity index (χ2v) is 9.52. The minimum absolute atomic E-state index is 0.0825. The van der Waals surface area contributed by atoms with E-state index < -0.39 is 0 Å². The summed E-state index contributed by atoms with van der Waals surface area (Å²) in [6.07, 6.45) is 2.30. The first-order chi connectivity index (χ1) is 16.0. The Morgan fingerprint density at radius 1 is 1.21 bits per heavy atom. The van der Waals surface area contributed by atoms with Gasteiger partial charge < -0.3 is 19.9 Å². The third kappa shape index (κ3) is 4.50. The van der Waals surface area contributed by atoms with E-state index in [0.717, 1.165) is 59.1 Å². The monoisotopic (exact) mass is 465 g/mol. The van der Waals surface area contributed by atoms with Crippen molar-refractivity contribution in [3.63, 3.8) is 0 Å². The fourth-order valence-corrected chi connectivity index (χ4v) is 5.18. The predicted octanol–water partition coefficient (Wildman–Crippen LogP) is 2.93. The van der Waals surface area contributed by atoms with Gasteiger partial charge in [-0.1, -0.05) is 0 Å². The van der Waals surface area contributed by atoms with Gasteiger partial charge in [0.25, 0.3) is 0 Å². The molecule has 33 heavy (non-hydrogen) atoms. The number of hydrogen-bond acceptors (Lipinski definition) is 7. The highest BCUT2D eigenvalue weighted by molar-refractivity contribution is 7.17. The molecule has 2 saturated heterocycles. The number of nitrogens with zero attached hydrogens (tertiary/aromatic N) is 4. The number of carbonyl (C=O) groups is 2. The van der Waals surface area contributed by atoms with Gasteiger partial charge in [0, 0.05) is 57.5 Å². The van der Waals surface area contributed by atoms with E-state index in [1.54, 1.807) is 18.3 Å². The highest BCUT2D eigenvalue weighted by Crippen LogP contribution is 2.36. The SMILES string of the molecule is CC(=O)N1CCN(c2ccc(-c3cc(OC(C)[C@H]4CNC(=O)C4)c4scnc4c3)nc2)CC1. The second kappa shape index (κ2) is 8.97. The van der Waals surface area contributed by atoms with Gasteiger partial charge in [-0.3, -0.25) is 14.6 Å². The summed E-state index contributed by atoms with van der Waals surface area (Å²) in [4.78, 5) is 36.5. The zero-order valence-corrected chi connectivity index (χ0v) is 19.6. The molecular formula is C24H27N5O3S. The summed E-state index contributed by atoms with van der Waals surface area (Å²) >= 11 is 1.55. The molecule has 1 N–H and O–H groups in total. The van der Waals surface area contributed by atoms with Gasteiger partial charge in [-0.05, 0) is 31.2 Å². The Bertz CT molecular complexity index is 1170. The van der Waals surface area contributed by atoms with Crippen molar-refractivity contribution in [3.05, 3.63) is 36.0 Å². The largest absolute Gasteiger partial charge is 0.489 e. The van der Waals surface area contributed by atoms with E-state index in [1.807, 2.05) is 41.7 Å². The minimum Gasteiger partial charge on any atom is -0.489 e. The Labute approximate surface area is 196 Å². The van der Waals surface area contributed by atoms with Crippen LogP contribution in [0.25, 0.3) is 21.5 Å². The minimum atomic E-state index is -0.0893. The van der Waals surface area contributed by atoms with Crippen LogP contribution in [0.3, 0.4) is 0 Å². The Morgan fingerprint density at radius 3 is 2.70 bits per heavy atom. The molecule has 4 heterocycles. The van der Waals surface area contributed by atoms with Crippen LogP contribution in [0.1, 0.15) is 20.3 Å². The summed E-state index contributed by atoms with van der Waals surface area (Å²) in [5, 5.41) is 2.88. The number of hydrogen-bond donors (Lipinski definition) is 1. The Kier molecular flexibility index (Phi) is 5.88. The Hall–Kier alpha value is -3.20. The van der Waals surface area contributed by atoms with Gasteiger partial charge >= 0.3 is 0 Å². The highest BCUT2D eigenvalue weighted by Gasteiger charge is 2.28. The van der Waals surface area contributed by atoms with Crippen LogP contribution in [0.4, 0.5) is 5.69 Å². The standard InChI is InChI=1S/C24H27N5O3S/c1-15(18-11-23(31)26-12-18)32-22-10-17(9-21-24(22)33-14-27-21)20-4-3-19(13-25-20)29-7-5-28(6-8-29)16(2)30/h3-4,9-10,13-15,18H,5-8,11-12H2,1-2H3,(H,26,31)/t15?,18-/m1/s1. The number of thiazole rings is 1. The van der Waals surface area contributed by atoms with E-state index in [0.29, 0.717) is 13.0 Å². The summed E-state index contributed by atoms with van der Waals surface area (Å²) in [6, 6.07) is 8.16. The maximum atomic E-state index is 11.6. The van der Waals surface area contributed by atoms with E-state index in [4.69, 9.17) is 9.72 Å². The number of benzene rings is 1. The van der Waals surface area contributed by atoms with E-state index in [2.05, 4.69) is 21.3 Å². The van der Waals surface area contributed by atoms with Crippen LogP contribution in [-0.4, -0.2) is 65.5 Å². The summed E-state index contributed by atoms with van der Waals surface area (Å²) in [5.41, 5.74) is 5.56. The number of anilines is 1. The van der Waals surface area contributed by atoms with Crippen molar-refractivity contribution < 1.29 is 14.3 Å². The molecule has 2 fully saturated rings. The first-order valence-corrected chi connectivity index (χ1v) is 12.1. The van der Waals surface area contributed by atoms with Gasteiger partial charge in [0.1, 0.15) is 11.9 Å². The van der Waals surface area contributed by atoms with Crippen LogP contribution >= 0.6 is 11.3 Å². The molecule has 2 aliphatic heterocycles. The van der Waals surface area contributed by atoms with Crippen molar-refractivity contribution in [3.8, 4) is 17.0 Å². The van der Waals surface area contributed by atoms with Crippen LogP contribution in [-0.2, 0) is 9.59 Å². The molecule has 5 rings (SSSR count). The zero-order valence-electron chi connectivity index (χ0n) is 18.8. The number of rotatable bonds is 5. The number of nitrogens with one attached hydrogen (secondary N) is 1.